The summed E-state index contributed by atoms with van der Waals surface area (Å²) in [5.74, 6) is 0.683. The number of hydrogen-bond acceptors (Lipinski definition) is 6. The summed E-state index contributed by atoms with van der Waals surface area (Å²) in [5, 5.41) is 12.7. The number of methoxy groups -OCH3 is 1. The fourth-order valence-corrected chi connectivity index (χ4v) is 4.45. The van der Waals surface area contributed by atoms with Gasteiger partial charge in [-0.15, -0.1) is 0 Å². The Bertz CT molecular complexity index is 1300. The van der Waals surface area contributed by atoms with E-state index in [9.17, 15) is 14.9 Å². The second-order valence-corrected chi connectivity index (χ2v) is 8.67. The summed E-state index contributed by atoms with van der Waals surface area (Å²) in [6.45, 7) is 0.369. The van der Waals surface area contributed by atoms with E-state index in [1.54, 1.807) is 36.4 Å². The highest BCUT2D eigenvalue weighted by atomic mass is 16.5. The van der Waals surface area contributed by atoms with Crippen molar-refractivity contribution in [2.45, 2.75) is 30.7 Å². The molecule has 7 nitrogen and oxygen atoms in total. The van der Waals surface area contributed by atoms with Crippen LogP contribution in [0.2, 0.25) is 0 Å². The van der Waals surface area contributed by atoms with Crippen LogP contribution in [0.5, 0.6) is 17.2 Å². The van der Waals surface area contributed by atoms with Crippen LogP contribution in [0.4, 0.5) is 0 Å². The molecule has 1 fully saturated rings. The van der Waals surface area contributed by atoms with Crippen LogP contribution in [0.15, 0.2) is 66.7 Å². The van der Waals surface area contributed by atoms with Gasteiger partial charge in [-0.25, -0.2) is 0 Å². The lowest BCUT2D eigenvalue weighted by Gasteiger charge is -2.25. The molecule has 0 aromatic heterocycles. The minimum Gasteiger partial charge on any atom is -0.493 e. The van der Waals surface area contributed by atoms with Crippen LogP contribution >= 0.6 is 0 Å². The van der Waals surface area contributed by atoms with Crippen LogP contribution < -0.4 is 14.8 Å². The first-order chi connectivity index (χ1) is 17.1. The number of fused-ring (bicyclic) bond motifs is 1. The Morgan fingerprint density at radius 2 is 1.86 bits per heavy atom. The molecule has 0 radical (unpaired) electrons. The van der Waals surface area contributed by atoms with Gasteiger partial charge in [0.25, 0.3) is 5.91 Å². The first-order valence-corrected chi connectivity index (χ1v) is 11.5. The van der Waals surface area contributed by atoms with Gasteiger partial charge in [0.05, 0.1) is 25.2 Å². The Kier molecular flexibility index (Phi) is 6.11. The maximum atomic E-state index is 12.7. The van der Waals surface area contributed by atoms with Crippen molar-refractivity contribution < 1.29 is 23.8 Å². The minimum atomic E-state index is -0.476. The first-order valence-electron chi connectivity index (χ1n) is 11.5. The lowest BCUT2D eigenvalue weighted by Crippen LogP contribution is -2.26. The molecule has 176 valence electrons. The molecular weight excluding hydrogens is 444 g/mol. The first kappa shape index (κ1) is 22.5. The zero-order chi connectivity index (χ0) is 24.4. The molecule has 3 aromatic carbocycles. The van der Waals surface area contributed by atoms with Crippen molar-refractivity contribution >= 4 is 11.9 Å². The smallest absolute Gasteiger partial charge is 0.313 e. The van der Waals surface area contributed by atoms with Gasteiger partial charge < -0.3 is 19.5 Å². The van der Waals surface area contributed by atoms with Gasteiger partial charge in [0.2, 0.25) is 0 Å². The highest BCUT2D eigenvalue weighted by Crippen LogP contribution is 2.41. The number of nitrogens with zero attached hydrogens (tertiary/aromatic N) is 1. The summed E-state index contributed by atoms with van der Waals surface area (Å²) in [5.41, 5.74) is 2.67. The van der Waals surface area contributed by atoms with Gasteiger partial charge >= 0.3 is 5.97 Å². The molecule has 0 saturated heterocycles. The van der Waals surface area contributed by atoms with Crippen LogP contribution in [0, 0.1) is 11.3 Å². The number of esters is 1. The Labute approximate surface area is 203 Å². The molecule has 3 aromatic rings. The fraction of sp³-hybridized carbons (Fsp3) is 0.250. The number of carbonyl (C=O) groups excluding carboxylic acids is 2. The average Bonchev–Trinajstić information content (AvgIpc) is 3.67. The van der Waals surface area contributed by atoms with E-state index in [-0.39, 0.29) is 23.5 Å². The number of carbonyl (C=O) groups is 2. The molecule has 35 heavy (non-hydrogen) atoms. The Balaban J connectivity index is 1.27. The van der Waals surface area contributed by atoms with E-state index < -0.39 is 5.92 Å². The largest absolute Gasteiger partial charge is 0.493 e. The van der Waals surface area contributed by atoms with Crippen LogP contribution in [-0.2, 0) is 9.53 Å². The van der Waals surface area contributed by atoms with E-state index in [2.05, 4.69) is 23.5 Å². The topological polar surface area (TPSA) is 97.7 Å². The average molecular weight is 469 g/mol. The third-order valence-corrected chi connectivity index (χ3v) is 6.44. The zero-order valence-electron chi connectivity index (χ0n) is 19.2. The predicted molar refractivity (Wildman–Crippen MR) is 128 cm³/mol. The van der Waals surface area contributed by atoms with Gasteiger partial charge in [-0.05, 0) is 48.7 Å². The van der Waals surface area contributed by atoms with Gasteiger partial charge in [-0.1, -0.05) is 30.3 Å². The molecule has 0 bridgehead atoms. The molecule has 2 aliphatic rings. The van der Waals surface area contributed by atoms with Crippen molar-refractivity contribution in [1.82, 2.24) is 5.32 Å². The van der Waals surface area contributed by atoms with E-state index in [0.29, 0.717) is 47.3 Å². The Morgan fingerprint density at radius 1 is 1.09 bits per heavy atom. The summed E-state index contributed by atoms with van der Waals surface area (Å²) in [6, 6.07) is 22.4. The van der Waals surface area contributed by atoms with Crippen LogP contribution in [-0.4, -0.2) is 31.6 Å². The highest BCUT2D eigenvalue weighted by Gasteiger charge is 2.39. The number of benzene rings is 3. The maximum absolute atomic E-state index is 12.7. The number of amides is 1. The Morgan fingerprint density at radius 3 is 2.57 bits per heavy atom. The number of nitrogens with one attached hydrogen (secondary N) is 1. The minimum absolute atomic E-state index is 0.131. The van der Waals surface area contributed by atoms with Crippen molar-refractivity contribution in [3.05, 3.63) is 89.0 Å². The lowest BCUT2D eigenvalue weighted by atomic mass is 9.91. The Hall–Kier alpha value is -4.31. The molecule has 1 aliphatic heterocycles. The van der Waals surface area contributed by atoms with Gasteiger partial charge in [-0.3, -0.25) is 9.59 Å². The van der Waals surface area contributed by atoms with Crippen molar-refractivity contribution in [1.29, 1.82) is 5.26 Å². The van der Waals surface area contributed by atoms with E-state index in [1.165, 1.54) is 12.7 Å². The number of ether oxygens (including phenoxy) is 3. The number of rotatable bonds is 6. The molecule has 0 spiro atoms. The van der Waals surface area contributed by atoms with Crippen LogP contribution in [0.1, 0.15) is 51.7 Å². The van der Waals surface area contributed by atoms with Gasteiger partial charge in [0.1, 0.15) is 23.3 Å². The van der Waals surface area contributed by atoms with Gasteiger partial charge in [-0.2, -0.15) is 5.26 Å². The fourth-order valence-electron chi connectivity index (χ4n) is 4.45. The second kappa shape index (κ2) is 9.51. The van der Waals surface area contributed by atoms with Crippen molar-refractivity contribution in [3.63, 3.8) is 0 Å². The number of nitriles is 1. The summed E-state index contributed by atoms with van der Waals surface area (Å²) >= 11 is 0. The molecule has 1 amide bonds. The predicted octanol–water partition coefficient (Wildman–Crippen LogP) is 4.68. The SMILES string of the molecule is COC(=O)C1CCOc2cc(Oc3ccc(C(=O)NC4CC4c4ccccc4)cc3)c(C#N)cc21. The molecule has 1 heterocycles. The van der Waals surface area contributed by atoms with Gasteiger partial charge in [0, 0.05) is 29.2 Å². The summed E-state index contributed by atoms with van der Waals surface area (Å²) in [6.07, 6.45) is 1.42. The van der Waals surface area contributed by atoms with Crippen molar-refractivity contribution in [2.24, 2.45) is 0 Å². The van der Waals surface area contributed by atoms with Crippen LogP contribution in [0.25, 0.3) is 0 Å². The molecule has 5 rings (SSSR count). The molecular formula is C28H24N2O5. The van der Waals surface area contributed by atoms with Crippen molar-refractivity contribution in [3.8, 4) is 23.3 Å². The molecule has 3 unspecified atom stereocenters. The normalized spacial score (nSPS) is 19.9. The third-order valence-electron chi connectivity index (χ3n) is 6.44. The second-order valence-electron chi connectivity index (χ2n) is 8.67. The van der Waals surface area contributed by atoms with Gasteiger partial charge in [0.15, 0.2) is 0 Å². The number of hydrogen-bond donors (Lipinski definition) is 1. The molecule has 1 aliphatic carbocycles. The van der Waals surface area contributed by atoms with E-state index in [0.717, 1.165) is 6.42 Å². The van der Waals surface area contributed by atoms with Crippen molar-refractivity contribution in [2.75, 3.05) is 13.7 Å². The maximum Gasteiger partial charge on any atom is 0.313 e. The molecule has 7 heteroatoms. The lowest BCUT2D eigenvalue weighted by molar-refractivity contribution is -0.143. The quantitative estimate of drug-likeness (QED) is 0.528. The third kappa shape index (κ3) is 4.69. The summed E-state index contributed by atoms with van der Waals surface area (Å²) in [7, 11) is 1.34. The van der Waals surface area contributed by atoms with E-state index in [4.69, 9.17) is 14.2 Å². The zero-order valence-corrected chi connectivity index (χ0v) is 19.2. The van der Waals surface area contributed by atoms with Crippen LogP contribution in [0.3, 0.4) is 0 Å². The standard InChI is InChI=1S/C28H24N2O5/c1-33-28(32)21-11-12-34-26-15-25(19(16-29)13-23(21)26)35-20-9-7-18(8-10-20)27(31)30-24-14-22(24)17-5-3-2-4-6-17/h2-10,13,15,21-22,24H,11-12,14H2,1H3,(H,30,31). The monoisotopic (exact) mass is 468 g/mol. The summed E-state index contributed by atoms with van der Waals surface area (Å²) in [4.78, 5) is 24.8. The summed E-state index contributed by atoms with van der Waals surface area (Å²) < 4.78 is 16.5. The van der Waals surface area contributed by atoms with E-state index in [1.807, 2.05) is 18.2 Å². The molecule has 3 atom stereocenters. The molecule has 1 saturated carbocycles. The van der Waals surface area contributed by atoms with E-state index >= 15 is 0 Å². The molecule has 1 N–H and O–H groups in total. The highest BCUT2D eigenvalue weighted by molar-refractivity contribution is 5.94.